The van der Waals surface area contributed by atoms with Crippen LogP contribution in [0.25, 0.3) is 0 Å². The van der Waals surface area contributed by atoms with Crippen molar-refractivity contribution in [2.45, 2.75) is 33.2 Å². The Morgan fingerprint density at radius 2 is 2.29 bits per heavy atom. The van der Waals surface area contributed by atoms with Crippen molar-refractivity contribution < 1.29 is 9.53 Å². The van der Waals surface area contributed by atoms with Crippen molar-refractivity contribution in [2.75, 3.05) is 18.6 Å². The smallest absolute Gasteiger partial charge is 0.315 e. The third-order valence-electron chi connectivity index (χ3n) is 2.79. The number of carbonyl (C=O) groups excluding carboxylic acids is 1. The first-order valence-electron chi connectivity index (χ1n) is 5.98. The van der Waals surface area contributed by atoms with Crippen molar-refractivity contribution in [3.8, 4) is 0 Å². The summed E-state index contributed by atoms with van der Waals surface area (Å²) in [5, 5.41) is 0. The van der Waals surface area contributed by atoms with Gasteiger partial charge in [-0.1, -0.05) is 13.3 Å². The van der Waals surface area contributed by atoms with Gasteiger partial charge in [0.1, 0.15) is 0 Å². The normalized spacial score (nSPS) is 10.5. The molecule has 96 valence electrons. The molecule has 0 aliphatic rings. The van der Waals surface area contributed by atoms with Crippen LogP contribution in [0.2, 0.25) is 0 Å². The SMILES string of the molecule is CCCc1ccn(CCSCC(=O)OC)c1C. The Bertz CT molecular complexity index is 360. The molecular weight excluding hydrogens is 234 g/mol. The predicted molar refractivity (Wildman–Crippen MR) is 72.5 cm³/mol. The lowest BCUT2D eigenvalue weighted by Crippen LogP contribution is -2.07. The Balaban J connectivity index is 2.34. The Kier molecular flexibility index (Phi) is 6.19. The van der Waals surface area contributed by atoms with Crippen LogP contribution >= 0.6 is 11.8 Å². The molecule has 0 atom stereocenters. The molecule has 0 bridgehead atoms. The fourth-order valence-corrected chi connectivity index (χ4v) is 2.50. The second kappa shape index (κ2) is 7.43. The van der Waals surface area contributed by atoms with Gasteiger partial charge in [-0.05, 0) is 25.0 Å². The number of aryl methyl sites for hydroxylation is 2. The molecule has 17 heavy (non-hydrogen) atoms. The largest absolute Gasteiger partial charge is 0.468 e. The van der Waals surface area contributed by atoms with Gasteiger partial charge in [0.25, 0.3) is 0 Å². The lowest BCUT2D eigenvalue weighted by Gasteiger charge is -2.07. The lowest BCUT2D eigenvalue weighted by atomic mass is 10.1. The fourth-order valence-electron chi connectivity index (χ4n) is 1.75. The van der Waals surface area contributed by atoms with Crippen LogP contribution in [-0.4, -0.2) is 29.2 Å². The molecule has 1 rings (SSSR count). The van der Waals surface area contributed by atoms with Crippen molar-refractivity contribution in [2.24, 2.45) is 0 Å². The third kappa shape index (κ3) is 4.46. The van der Waals surface area contributed by atoms with E-state index in [4.69, 9.17) is 0 Å². The van der Waals surface area contributed by atoms with Gasteiger partial charge < -0.3 is 9.30 Å². The third-order valence-corrected chi connectivity index (χ3v) is 3.71. The first-order valence-corrected chi connectivity index (χ1v) is 7.13. The summed E-state index contributed by atoms with van der Waals surface area (Å²) in [5.74, 6) is 1.24. The number of aromatic nitrogens is 1. The van der Waals surface area contributed by atoms with E-state index in [0.717, 1.165) is 18.7 Å². The first-order chi connectivity index (χ1) is 8.19. The highest BCUT2D eigenvalue weighted by Crippen LogP contribution is 2.13. The van der Waals surface area contributed by atoms with Gasteiger partial charge in [-0.3, -0.25) is 4.79 Å². The average Bonchev–Trinajstić information content (AvgIpc) is 2.67. The van der Waals surface area contributed by atoms with E-state index in [-0.39, 0.29) is 5.97 Å². The van der Waals surface area contributed by atoms with Crippen LogP contribution in [0.1, 0.15) is 24.6 Å². The van der Waals surface area contributed by atoms with E-state index in [1.165, 1.54) is 24.8 Å². The summed E-state index contributed by atoms with van der Waals surface area (Å²) in [6.45, 7) is 5.32. The zero-order valence-corrected chi connectivity index (χ0v) is 11.7. The van der Waals surface area contributed by atoms with Crippen molar-refractivity contribution in [1.82, 2.24) is 4.57 Å². The number of carbonyl (C=O) groups is 1. The maximum atomic E-state index is 10.9. The molecule has 0 saturated heterocycles. The molecule has 0 aliphatic heterocycles. The summed E-state index contributed by atoms with van der Waals surface area (Å²) in [5.41, 5.74) is 2.79. The number of methoxy groups -OCH3 is 1. The highest BCUT2D eigenvalue weighted by molar-refractivity contribution is 7.99. The average molecular weight is 255 g/mol. The molecular formula is C13H21NO2S. The first kappa shape index (κ1) is 14.2. The van der Waals surface area contributed by atoms with E-state index in [2.05, 4.69) is 35.4 Å². The van der Waals surface area contributed by atoms with Crippen LogP contribution < -0.4 is 0 Å². The highest BCUT2D eigenvalue weighted by atomic mass is 32.2. The molecule has 0 saturated carbocycles. The predicted octanol–water partition coefficient (Wildman–Crippen LogP) is 2.66. The van der Waals surface area contributed by atoms with Gasteiger partial charge in [-0.2, -0.15) is 0 Å². The summed E-state index contributed by atoms with van der Waals surface area (Å²) < 4.78 is 6.85. The summed E-state index contributed by atoms with van der Waals surface area (Å²) >= 11 is 1.62. The molecule has 0 aliphatic carbocycles. The molecule has 3 nitrogen and oxygen atoms in total. The standard InChI is InChI=1S/C13H21NO2S/c1-4-5-12-6-7-14(11(12)2)8-9-17-10-13(15)16-3/h6-7H,4-5,8-10H2,1-3H3. The molecule has 4 heteroatoms. The van der Waals surface area contributed by atoms with Crippen LogP contribution in [0.15, 0.2) is 12.3 Å². The summed E-state index contributed by atoms with van der Waals surface area (Å²) in [6, 6.07) is 2.20. The van der Waals surface area contributed by atoms with Crippen LogP contribution in [-0.2, 0) is 22.5 Å². The van der Waals surface area contributed by atoms with Gasteiger partial charge >= 0.3 is 5.97 Å². The molecule has 0 unspecified atom stereocenters. The van der Waals surface area contributed by atoms with Crippen molar-refractivity contribution >= 4 is 17.7 Å². The number of esters is 1. The number of hydrogen-bond acceptors (Lipinski definition) is 3. The van der Waals surface area contributed by atoms with Crippen molar-refractivity contribution in [3.63, 3.8) is 0 Å². The summed E-state index contributed by atoms with van der Waals surface area (Å²) in [6.07, 6.45) is 4.47. The molecule has 0 fully saturated rings. The van der Waals surface area contributed by atoms with E-state index >= 15 is 0 Å². The Morgan fingerprint density at radius 1 is 1.53 bits per heavy atom. The number of rotatable bonds is 7. The van der Waals surface area contributed by atoms with Crippen LogP contribution in [0.5, 0.6) is 0 Å². The Morgan fingerprint density at radius 3 is 2.94 bits per heavy atom. The van der Waals surface area contributed by atoms with Gasteiger partial charge in [0.2, 0.25) is 0 Å². The highest BCUT2D eigenvalue weighted by Gasteiger charge is 2.04. The number of thioether (sulfide) groups is 1. The van der Waals surface area contributed by atoms with Crippen LogP contribution in [0.3, 0.4) is 0 Å². The molecule has 1 heterocycles. The van der Waals surface area contributed by atoms with Crippen molar-refractivity contribution in [3.05, 3.63) is 23.5 Å². The molecule has 0 amide bonds. The molecule has 0 N–H and O–H groups in total. The van der Waals surface area contributed by atoms with Gasteiger partial charge in [0, 0.05) is 24.2 Å². The summed E-state index contributed by atoms with van der Waals surface area (Å²) in [4.78, 5) is 10.9. The monoisotopic (exact) mass is 255 g/mol. The zero-order chi connectivity index (χ0) is 12.7. The number of nitrogens with zero attached hydrogens (tertiary/aromatic N) is 1. The van der Waals surface area contributed by atoms with E-state index in [1.807, 2.05) is 0 Å². The van der Waals surface area contributed by atoms with E-state index in [0.29, 0.717) is 5.75 Å². The fraction of sp³-hybridized carbons (Fsp3) is 0.615. The second-order valence-corrected chi connectivity index (χ2v) is 5.10. The lowest BCUT2D eigenvalue weighted by molar-refractivity contribution is -0.137. The molecule has 1 aromatic heterocycles. The van der Waals surface area contributed by atoms with Crippen LogP contribution in [0, 0.1) is 6.92 Å². The molecule has 0 spiro atoms. The van der Waals surface area contributed by atoms with Gasteiger partial charge in [-0.25, -0.2) is 0 Å². The van der Waals surface area contributed by atoms with E-state index in [9.17, 15) is 4.79 Å². The quantitative estimate of drug-likeness (QED) is 0.554. The molecule has 0 aromatic carbocycles. The minimum Gasteiger partial charge on any atom is -0.468 e. The van der Waals surface area contributed by atoms with Crippen molar-refractivity contribution in [1.29, 1.82) is 0 Å². The molecule has 1 aromatic rings. The topological polar surface area (TPSA) is 31.2 Å². The minimum atomic E-state index is -0.147. The number of hydrogen-bond donors (Lipinski definition) is 0. The van der Waals surface area contributed by atoms with Gasteiger partial charge in [0.05, 0.1) is 12.9 Å². The van der Waals surface area contributed by atoms with Crippen LogP contribution in [0.4, 0.5) is 0 Å². The maximum Gasteiger partial charge on any atom is 0.315 e. The second-order valence-electron chi connectivity index (χ2n) is 4.00. The zero-order valence-electron chi connectivity index (χ0n) is 10.9. The number of ether oxygens (including phenoxy) is 1. The maximum absolute atomic E-state index is 10.9. The molecule has 0 radical (unpaired) electrons. The Labute approximate surface area is 108 Å². The van der Waals surface area contributed by atoms with Gasteiger partial charge in [-0.15, -0.1) is 11.8 Å². The van der Waals surface area contributed by atoms with Gasteiger partial charge in [0.15, 0.2) is 0 Å². The van der Waals surface area contributed by atoms with E-state index in [1.54, 1.807) is 11.8 Å². The minimum absolute atomic E-state index is 0.147. The van der Waals surface area contributed by atoms with E-state index < -0.39 is 0 Å². The Hall–Kier alpha value is -0.900. The summed E-state index contributed by atoms with van der Waals surface area (Å²) in [7, 11) is 1.43.